The highest BCUT2D eigenvalue weighted by molar-refractivity contribution is 6.00. The summed E-state index contributed by atoms with van der Waals surface area (Å²) < 4.78 is 18.6. The van der Waals surface area contributed by atoms with E-state index in [9.17, 15) is 19.2 Å². The maximum Gasteiger partial charge on any atom is 0.412 e. The van der Waals surface area contributed by atoms with Gasteiger partial charge in [0.1, 0.15) is 17.1 Å². The number of nitrogen functional groups attached to an aromatic ring is 2. The van der Waals surface area contributed by atoms with Crippen molar-refractivity contribution in [1.82, 2.24) is 9.55 Å². The highest BCUT2D eigenvalue weighted by Crippen LogP contribution is 2.37. The van der Waals surface area contributed by atoms with Gasteiger partial charge in [0.15, 0.2) is 5.78 Å². The summed E-state index contributed by atoms with van der Waals surface area (Å²) in [7, 11) is 0. The minimum atomic E-state index is -0.583. The lowest BCUT2D eigenvalue weighted by Gasteiger charge is -2.20. The Morgan fingerprint density at radius 1 is 0.512 bits per heavy atom. The molecule has 1 amide bonds. The molecule has 0 atom stereocenters. The Balaban J connectivity index is 0.000000225. The van der Waals surface area contributed by atoms with Gasteiger partial charge in [-0.05, 0) is 206 Å². The second-order valence-electron chi connectivity index (χ2n) is 23.2. The van der Waals surface area contributed by atoms with Crippen LogP contribution in [0.1, 0.15) is 131 Å². The first-order valence-electron chi connectivity index (χ1n) is 27.2. The van der Waals surface area contributed by atoms with E-state index >= 15 is 0 Å². The first kappa shape index (κ1) is 61.9. The van der Waals surface area contributed by atoms with Crippen molar-refractivity contribution < 1.29 is 33.4 Å². The summed E-state index contributed by atoms with van der Waals surface area (Å²) in [4.78, 5) is 51.9. The number of ether oxygens (including phenoxy) is 3. The molecule has 0 saturated carbocycles. The van der Waals surface area contributed by atoms with Crippen LogP contribution in [0.25, 0.3) is 22.3 Å². The Hall–Kier alpha value is -9.29. The fourth-order valence-corrected chi connectivity index (χ4v) is 8.21. The third kappa shape index (κ3) is 18.4. The van der Waals surface area contributed by atoms with Gasteiger partial charge in [-0.1, -0.05) is 120 Å². The predicted octanol–water partition coefficient (Wildman–Crippen LogP) is 16.1. The average molecular weight is 1100 g/mol. The van der Waals surface area contributed by atoms with E-state index in [2.05, 4.69) is 85.7 Å². The second kappa shape index (κ2) is 27.2. The molecule has 0 spiro atoms. The molecule has 8 aromatic rings. The molecule has 0 aliphatic heterocycles. The molecule has 0 unspecified atom stereocenters. The summed E-state index contributed by atoms with van der Waals surface area (Å²) in [6.07, 6.45) is 5.05. The molecule has 0 aliphatic carbocycles. The number of nitrogens with zero attached hydrogens (tertiary/aromatic N) is 2. The van der Waals surface area contributed by atoms with Gasteiger partial charge in [-0.3, -0.25) is 19.7 Å². The van der Waals surface area contributed by atoms with E-state index in [4.69, 9.17) is 25.7 Å². The van der Waals surface area contributed by atoms with E-state index < -0.39 is 22.5 Å². The van der Waals surface area contributed by atoms with Crippen molar-refractivity contribution in [2.24, 2.45) is 10.8 Å². The summed E-state index contributed by atoms with van der Waals surface area (Å²) in [6, 6.07) is 54.7. The molecule has 1 aromatic heterocycles. The fraction of sp³-hybridized carbons (Fsp3) is 0.243. The van der Waals surface area contributed by atoms with E-state index in [-0.39, 0.29) is 17.7 Å². The van der Waals surface area contributed by atoms with Crippen LogP contribution >= 0.6 is 0 Å². The monoisotopic (exact) mass is 1100 g/mol. The standard InChI is InChI=1S/C32H37NO4.C30H31N3O2.C8H9NO/c1-21-12-14-23(15-13-21)28(24-16-18-27(19-17-24)36-29(34)31(3,4)5)22(2)25-10-9-11-26(20-25)33-30(35)37-32(6,7)8;1-21-8-10-22(11-9-21)28(23-12-14-26(15-13-23)35-29(34)30(2,3)4)27(19-33-17-16-32-20-33)24-6-5-7-25(31)18-24;1-6(10)7-3-2-4-8(9)5-7/h9-20H,1-8H3,(H,33,35);5-18,20H,19,31H2,1-4H3;2-5H,9H2,1H3/b28-22+;28-27+;. The van der Waals surface area contributed by atoms with Crippen LogP contribution in [-0.4, -0.2) is 39.0 Å². The van der Waals surface area contributed by atoms with Gasteiger partial charge in [-0.15, -0.1) is 0 Å². The van der Waals surface area contributed by atoms with Crippen molar-refractivity contribution in [2.75, 3.05) is 16.8 Å². The Kier molecular flexibility index (Phi) is 20.6. The van der Waals surface area contributed by atoms with Gasteiger partial charge in [0.25, 0.3) is 0 Å². The van der Waals surface area contributed by atoms with Gasteiger partial charge in [-0.25, -0.2) is 9.78 Å². The molecular weight excluding hydrogens is 1020 g/mol. The van der Waals surface area contributed by atoms with Crippen LogP contribution in [0.5, 0.6) is 11.5 Å². The number of nitrogens with two attached hydrogens (primary N) is 2. The molecule has 0 aliphatic rings. The number of hydrogen-bond donors (Lipinski definition) is 3. The smallest absolute Gasteiger partial charge is 0.412 e. The zero-order valence-corrected chi connectivity index (χ0v) is 49.5. The van der Waals surface area contributed by atoms with Crippen molar-refractivity contribution in [2.45, 2.75) is 102 Å². The molecule has 82 heavy (non-hydrogen) atoms. The Bertz CT molecular complexity index is 3540. The number of carbonyl (C=O) groups is 4. The van der Waals surface area contributed by atoms with Gasteiger partial charge in [0.05, 0.1) is 17.2 Å². The number of esters is 2. The third-order valence-corrected chi connectivity index (χ3v) is 12.7. The number of aryl methyl sites for hydroxylation is 2. The number of nitrogens with one attached hydrogen (secondary N) is 1. The SMILES string of the molecule is C/C(=C(/c1ccc(C)cc1)c1ccc(OC(=O)C(C)(C)C)cc1)c1cccc(NC(=O)OC(C)(C)C)c1.CC(=O)c1cccc(N)c1.Cc1ccc(/C(=C(/Cn2ccnc2)c2cccc(N)c2)c2ccc(OC(=O)C(C)(C)C)cc2)cc1. The number of hydrogen-bond acceptors (Lipinski definition) is 10. The summed E-state index contributed by atoms with van der Waals surface area (Å²) in [6.45, 7) is 24.9. The molecule has 0 radical (unpaired) electrons. The largest absolute Gasteiger partial charge is 0.444 e. The molecule has 1 heterocycles. The highest BCUT2D eigenvalue weighted by atomic mass is 16.6. The van der Waals surface area contributed by atoms with Crippen LogP contribution in [0.4, 0.5) is 21.9 Å². The third-order valence-electron chi connectivity index (χ3n) is 12.7. The van der Waals surface area contributed by atoms with Gasteiger partial charge in [0, 0.05) is 41.6 Å². The number of anilines is 3. The quantitative estimate of drug-likeness (QED) is 0.0351. The number of rotatable bonds is 12. The Labute approximate surface area is 483 Å². The number of aromatic nitrogens is 2. The maximum absolute atomic E-state index is 12.4. The number of imidazole rings is 1. The van der Waals surface area contributed by atoms with E-state index in [1.54, 1.807) is 30.5 Å². The van der Waals surface area contributed by atoms with E-state index in [0.717, 1.165) is 55.7 Å². The summed E-state index contributed by atoms with van der Waals surface area (Å²) in [5.74, 6) is 0.539. The van der Waals surface area contributed by atoms with Gasteiger partial charge in [0.2, 0.25) is 0 Å². The number of Topliss-reactive ketones (excluding diaryl/α,β-unsaturated/α-hetero) is 1. The zero-order valence-electron chi connectivity index (χ0n) is 49.5. The van der Waals surface area contributed by atoms with E-state index in [1.807, 2.05) is 170 Å². The second-order valence-corrected chi connectivity index (χ2v) is 23.2. The maximum atomic E-state index is 12.4. The van der Waals surface area contributed by atoms with Crippen molar-refractivity contribution in [3.8, 4) is 11.5 Å². The van der Waals surface area contributed by atoms with E-state index in [1.165, 1.54) is 18.1 Å². The molecule has 0 fully saturated rings. The molecule has 8 rings (SSSR count). The first-order valence-corrected chi connectivity index (χ1v) is 27.2. The molecule has 12 nitrogen and oxygen atoms in total. The summed E-state index contributed by atoms with van der Waals surface area (Å²) in [5, 5.41) is 2.83. The van der Waals surface area contributed by atoms with Crippen molar-refractivity contribution in [1.29, 1.82) is 0 Å². The molecule has 12 heteroatoms. The van der Waals surface area contributed by atoms with Crippen molar-refractivity contribution >= 4 is 63.2 Å². The fourth-order valence-electron chi connectivity index (χ4n) is 8.21. The molecule has 7 aromatic carbocycles. The molecule has 5 N–H and O–H groups in total. The van der Waals surface area contributed by atoms with Crippen molar-refractivity contribution in [3.05, 3.63) is 239 Å². The number of ketones is 1. The predicted molar refractivity (Wildman–Crippen MR) is 333 cm³/mol. The topological polar surface area (TPSA) is 178 Å². The number of carbonyl (C=O) groups excluding carboxylic acids is 4. The number of amides is 1. The lowest BCUT2D eigenvalue weighted by Crippen LogP contribution is -2.27. The molecule has 424 valence electrons. The van der Waals surface area contributed by atoms with Gasteiger partial charge >= 0.3 is 18.0 Å². The molecule has 0 saturated heterocycles. The Morgan fingerprint density at radius 2 is 0.939 bits per heavy atom. The normalized spacial score (nSPS) is 12.0. The number of benzene rings is 7. The van der Waals surface area contributed by atoms with Gasteiger partial charge in [-0.2, -0.15) is 0 Å². The van der Waals surface area contributed by atoms with Crippen LogP contribution in [0.2, 0.25) is 0 Å². The average Bonchev–Trinajstić information content (AvgIpc) is 3.98. The highest BCUT2D eigenvalue weighted by Gasteiger charge is 2.25. The van der Waals surface area contributed by atoms with E-state index in [0.29, 0.717) is 40.7 Å². The molecule has 0 bridgehead atoms. The minimum absolute atomic E-state index is 0.0484. The van der Waals surface area contributed by atoms with Crippen LogP contribution in [-0.2, 0) is 20.9 Å². The summed E-state index contributed by atoms with van der Waals surface area (Å²) >= 11 is 0. The van der Waals surface area contributed by atoms with Crippen LogP contribution in [0.3, 0.4) is 0 Å². The zero-order chi connectivity index (χ0) is 59.9. The lowest BCUT2D eigenvalue weighted by atomic mass is 9.88. The summed E-state index contributed by atoms with van der Waals surface area (Å²) in [5.41, 5.74) is 25.3. The molecular formula is C70H77N5O7. The number of allylic oxidation sites excluding steroid dienone is 2. The van der Waals surface area contributed by atoms with Crippen LogP contribution < -0.4 is 26.3 Å². The van der Waals surface area contributed by atoms with Crippen LogP contribution in [0.15, 0.2) is 189 Å². The van der Waals surface area contributed by atoms with Crippen molar-refractivity contribution in [3.63, 3.8) is 0 Å². The lowest BCUT2D eigenvalue weighted by molar-refractivity contribution is -0.143. The van der Waals surface area contributed by atoms with Gasteiger partial charge < -0.3 is 30.2 Å². The first-order chi connectivity index (χ1) is 38.6. The van der Waals surface area contributed by atoms with Crippen LogP contribution in [0, 0.1) is 24.7 Å². The minimum Gasteiger partial charge on any atom is -0.444 e. The Morgan fingerprint density at radius 3 is 1.35 bits per heavy atom.